The van der Waals surface area contributed by atoms with E-state index in [1.165, 1.54) is 75.7 Å². The highest BCUT2D eigenvalue weighted by molar-refractivity contribution is 7.90. The van der Waals surface area contributed by atoms with Crippen molar-refractivity contribution in [2.75, 3.05) is 62.0 Å². The summed E-state index contributed by atoms with van der Waals surface area (Å²) in [5.74, 6) is -1.35. The van der Waals surface area contributed by atoms with E-state index in [1.54, 1.807) is 23.5 Å². The number of carbonyl (C=O) groups is 5. The maximum absolute atomic E-state index is 13.0. The molecule has 0 saturated heterocycles. The maximum atomic E-state index is 13.0. The van der Waals surface area contributed by atoms with Crippen molar-refractivity contribution in [3.63, 3.8) is 0 Å². The molecular formula is C42H44Cl2F4N10O11S2. The molecule has 2 aromatic heterocycles. The molecule has 1 unspecified atom stereocenters. The number of para-hydroxylation sites is 2. The number of urea groups is 1. The zero-order valence-electron chi connectivity index (χ0n) is 38.4. The van der Waals surface area contributed by atoms with Crippen LogP contribution in [0.3, 0.4) is 0 Å². The van der Waals surface area contributed by atoms with Gasteiger partial charge in [-0.05, 0) is 75.4 Å². The van der Waals surface area contributed by atoms with Gasteiger partial charge in [-0.1, -0.05) is 51.8 Å². The number of anilines is 4. The van der Waals surface area contributed by atoms with E-state index in [2.05, 4.69) is 30.8 Å². The van der Waals surface area contributed by atoms with Gasteiger partial charge in [-0.25, -0.2) is 22.3 Å². The van der Waals surface area contributed by atoms with Gasteiger partial charge in [0.05, 0.1) is 37.6 Å². The van der Waals surface area contributed by atoms with E-state index in [1.807, 2.05) is 31.2 Å². The lowest BCUT2D eigenvalue weighted by Gasteiger charge is -2.35. The average molecular weight is 1080 g/mol. The Balaban J connectivity index is 0.000000243. The number of amides is 6. The number of rotatable bonds is 14. The van der Waals surface area contributed by atoms with E-state index in [0.29, 0.717) is 24.5 Å². The molecule has 3 heterocycles. The Labute approximate surface area is 417 Å². The number of nitrogens with one attached hydrogen (secondary N) is 3. The fourth-order valence-electron chi connectivity index (χ4n) is 5.94. The van der Waals surface area contributed by atoms with E-state index in [4.69, 9.17) is 42.1 Å². The van der Waals surface area contributed by atoms with E-state index in [0.717, 1.165) is 16.7 Å². The molecule has 1 atom stereocenters. The lowest BCUT2D eigenvalue weighted by atomic mass is 10.1. The molecule has 382 valence electrons. The van der Waals surface area contributed by atoms with Crippen LogP contribution in [0.2, 0.25) is 0 Å². The summed E-state index contributed by atoms with van der Waals surface area (Å²) in [4.78, 5) is 69.8. The van der Waals surface area contributed by atoms with Gasteiger partial charge in [-0.3, -0.25) is 24.5 Å². The van der Waals surface area contributed by atoms with Crippen LogP contribution < -0.4 is 44.1 Å². The minimum absolute atomic E-state index is 0.0662. The van der Waals surface area contributed by atoms with Crippen LogP contribution in [0.4, 0.5) is 45.4 Å². The van der Waals surface area contributed by atoms with Gasteiger partial charge in [-0.15, -0.1) is 5.10 Å². The standard InChI is InChI=1S/C17H20N6O7S.C14H13F4N3O2S.C11H11Cl2NO2/c1-23(2)15(25)11-6-5-10(18-9-24)7-12(11)31(27,28)22-17(26)21-16-19-13(29-3)8-14(20-16)30-4;1-8(2)21(10-5-3-9(15)4-6-10)11(22)7-23-13-20-19-12(24-13)14(16,17)18;1-7-6-16-9-5-3-2-4-8(9)14(7)11(15)10(12)13/h5-9H,1-4H3,(H,18,24)(H2,19,20,21,22,26);3-6,8H,7H2,1-2H3;2-5,7,10H,6H2,1H3. The lowest BCUT2D eigenvalue weighted by Crippen LogP contribution is -2.47. The normalized spacial score (nSPS) is 12.9. The number of fused-ring (bicyclic) bond motifs is 1. The molecule has 3 aromatic carbocycles. The highest BCUT2D eigenvalue weighted by atomic mass is 35.5. The number of halogens is 6. The summed E-state index contributed by atoms with van der Waals surface area (Å²) in [6.45, 7) is 5.32. The lowest BCUT2D eigenvalue weighted by molar-refractivity contribution is -0.138. The Morgan fingerprint density at radius 3 is 2.15 bits per heavy atom. The van der Waals surface area contributed by atoms with Crippen molar-refractivity contribution in [1.82, 2.24) is 29.8 Å². The molecule has 71 heavy (non-hydrogen) atoms. The largest absolute Gasteiger partial charge is 0.489 e. The maximum Gasteiger partial charge on any atom is 0.445 e. The van der Waals surface area contributed by atoms with Gasteiger partial charge >= 0.3 is 12.2 Å². The van der Waals surface area contributed by atoms with Gasteiger partial charge in [-0.2, -0.15) is 23.1 Å². The Morgan fingerprint density at radius 1 is 0.972 bits per heavy atom. The number of hydrogen-bond donors (Lipinski definition) is 3. The molecule has 1 aliphatic rings. The number of methoxy groups -OCH3 is 2. The zero-order valence-corrected chi connectivity index (χ0v) is 41.5. The monoisotopic (exact) mass is 1070 g/mol. The first kappa shape index (κ1) is 56.5. The number of carbonyl (C=O) groups excluding carboxylic acids is 5. The highest BCUT2D eigenvalue weighted by Gasteiger charge is 2.36. The number of hydrogen-bond acceptors (Lipinski definition) is 16. The minimum Gasteiger partial charge on any atom is -0.489 e. The van der Waals surface area contributed by atoms with Gasteiger partial charge in [0, 0.05) is 31.5 Å². The average Bonchev–Trinajstić information content (AvgIpc) is 3.81. The predicted octanol–water partition coefficient (Wildman–Crippen LogP) is 6.39. The van der Waals surface area contributed by atoms with Gasteiger partial charge in [0.1, 0.15) is 23.1 Å². The number of nitrogens with zero attached hydrogens (tertiary/aromatic N) is 7. The van der Waals surface area contributed by atoms with E-state index in [9.17, 15) is 50.0 Å². The Hall–Kier alpha value is -7.10. The number of benzene rings is 3. The van der Waals surface area contributed by atoms with Crippen LogP contribution in [0.1, 0.15) is 36.1 Å². The molecule has 0 aliphatic carbocycles. The second-order valence-corrected chi connectivity index (χ2v) is 18.3. The summed E-state index contributed by atoms with van der Waals surface area (Å²) >= 11 is 11.5. The molecule has 0 spiro atoms. The fraction of sp³-hybridized carbons (Fsp3) is 0.310. The van der Waals surface area contributed by atoms with Crippen LogP contribution in [0.15, 0.2) is 77.7 Å². The molecule has 29 heteroatoms. The first-order valence-electron chi connectivity index (χ1n) is 20.2. The van der Waals surface area contributed by atoms with Gasteiger partial charge in [0.15, 0.2) is 11.4 Å². The second-order valence-electron chi connectivity index (χ2n) is 14.6. The number of aromatic nitrogens is 4. The predicted molar refractivity (Wildman–Crippen MR) is 252 cm³/mol. The summed E-state index contributed by atoms with van der Waals surface area (Å²) < 4.78 is 98.2. The van der Waals surface area contributed by atoms with Crippen molar-refractivity contribution in [2.45, 2.75) is 48.8 Å². The van der Waals surface area contributed by atoms with Crippen LogP contribution in [0.25, 0.3) is 0 Å². The highest BCUT2D eigenvalue weighted by Crippen LogP contribution is 2.35. The summed E-state index contributed by atoms with van der Waals surface area (Å²) in [6.07, 6.45) is -4.27. The second kappa shape index (κ2) is 25.1. The number of sulfonamides is 1. The summed E-state index contributed by atoms with van der Waals surface area (Å²) in [6, 6.07) is 16.1. The molecular weight excluding hydrogens is 1030 g/mol. The van der Waals surface area contributed by atoms with E-state index in [-0.39, 0.29) is 63.5 Å². The van der Waals surface area contributed by atoms with Crippen molar-refractivity contribution in [1.29, 1.82) is 0 Å². The van der Waals surface area contributed by atoms with Crippen LogP contribution in [0.5, 0.6) is 22.7 Å². The van der Waals surface area contributed by atoms with Crippen molar-refractivity contribution in [2.24, 2.45) is 0 Å². The van der Waals surface area contributed by atoms with Crippen LogP contribution in [-0.4, -0.2) is 122 Å². The third-order valence-electron chi connectivity index (χ3n) is 9.01. The molecule has 21 nitrogen and oxygen atoms in total. The van der Waals surface area contributed by atoms with Crippen molar-refractivity contribution in [3.8, 4) is 22.7 Å². The summed E-state index contributed by atoms with van der Waals surface area (Å²) in [7, 11) is 0.991. The molecule has 6 amide bonds. The first-order chi connectivity index (χ1) is 33.4. The van der Waals surface area contributed by atoms with Gasteiger partial charge in [0.25, 0.3) is 32.9 Å². The molecule has 5 aromatic rings. The number of alkyl halides is 5. The van der Waals surface area contributed by atoms with Crippen LogP contribution >= 0.6 is 34.5 Å². The number of ether oxygens (including phenoxy) is 4. The third kappa shape index (κ3) is 15.7. The molecule has 3 N–H and O–H groups in total. The first-order valence-corrected chi connectivity index (χ1v) is 23.4. The molecule has 0 bridgehead atoms. The van der Waals surface area contributed by atoms with E-state index >= 15 is 0 Å². The Bertz CT molecular complexity index is 2770. The Morgan fingerprint density at radius 2 is 1.61 bits per heavy atom. The fourth-order valence-corrected chi connectivity index (χ4v) is 7.85. The summed E-state index contributed by atoms with van der Waals surface area (Å²) in [5, 5.41) is 9.15. The molecule has 0 radical (unpaired) electrons. The quantitative estimate of drug-likeness (QED) is 0.0618. The van der Waals surface area contributed by atoms with Crippen molar-refractivity contribution in [3.05, 3.63) is 89.2 Å². The van der Waals surface area contributed by atoms with Crippen molar-refractivity contribution < 1.29 is 68.9 Å². The van der Waals surface area contributed by atoms with E-state index < -0.39 is 61.2 Å². The van der Waals surface area contributed by atoms with Crippen molar-refractivity contribution >= 4 is 97.7 Å². The third-order valence-corrected chi connectivity index (χ3v) is 11.6. The molecule has 6 rings (SSSR count). The van der Waals surface area contributed by atoms with Gasteiger partial charge < -0.3 is 39.0 Å². The van der Waals surface area contributed by atoms with Gasteiger partial charge in [0.2, 0.25) is 29.1 Å². The zero-order chi connectivity index (χ0) is 52.8. The molecule has 0 fully saturated rings. The summed E-state index contributed by atoms with van der Waals surface area (Å²) in [5.41, 5.74) is 1.07. The Kier molecular flexibility index (Phi) is 20.0. The topological polar surface area (TPSA) is 254 Å². The minimum atomic E-state index is -4.61. The SMILES string of the molecule is CC(C)N(C(=O)COc1nnc(C(F)(F)F)s1)c1ccc(F)cc1.CC1COc2ccccc2N1C(=O)C(Cl)Cl.COc1cc(OC)nc(NC(=O)NS(=O)(=O)c2cc(NC=O)ccc2C(=O)N(C)C)n1. The molecule has 1 aliphatic heterocycles. The van der Waals surface area contributed by atoms with Crippen LogP contribution in [-0.2, 0) is 30.6 Å². The van der Waals surface area contributed by atoms with Crippen LogP contribution in [0, 0.1) is 5.82 Å². The smallest absolute Gasteiger partial charge is 0.445 e. The molecule has 0 saturated carbocycles.